The average molecular weight is 870 g/mol. The van der Waals surface area contributed by atoms with Crippen LogP contribution in [0.4, 0.5) is 28.4 Å². The van der Waals surface area contributed by atoms with Crippen LogP contribution in [-0.2, 0) is 14.8 Å². The maximum absolute atomic E-state index is 14.1. The molecule has 4 aromatic rings. The highest BCUT2D eigenvalue weighted by molar-refractivity contribution is 7.90. The highest BCUT2D eigenvalue weighted by Gasteiger charge is 2.32. The van der Waals surface area contributed by atoms with Crippen molar-refractivity contribution in [2.75, 3.05) is 80.8 Å². The third-order valence-corrected chi connectivity index (χ3v) is 13.8. The van der Waals surface area contributed by atoms with Gasteiger partial charge in [0.15, 0.2) is 0 Å². The van der Waals surface area contributed by atoms with Gasteiger partial charge in [-0.3, -0.25) is 19.8 Å². The molecule has 4 heterocycles. The number of carbonyl (C=O) groups excluding carboxylic acids is 1. The van der Waals surface area contributed by atoms with E-state index in [-0.39, 0.29) is 22.6 Å². The number of ether oxygens (including phenoxy) is 2. The molecule has 0 bridgehead atoms. The fourth-order valence-corrected chi connectivity index (χ4v) is 9.87. The number of carbonyl (C=O) groups is 1. The number of sulfonamides is 1. The molecule has 3 aliphatic heterocycles. The molecule has 61 heavy (non-hydrogen) atoms. The Morgan fingerprint density at radius 1 is 0.967 bits per heavy atom. The van der Waals surface area contributed by atoms with Crippen molar-refractivity contribution in [1.29, 1.82) is 0 Å². The number of amides is 1. The quantitative estimate of drug-likeness (QED) is 0.105. The van der Waals surface area contributed by atoms with E-state index in [0.29, 0.717) is 50.2 Å². The highest BCUT2D eigenvalue weighted by atomic mass is 35.5. The SMILES string of the molecule is CC1(C)CCC(CN2CCN(c3ccc(C(=O)NS(=O)(=O)c4ccc(NCC5CCOCC5)c([N+](=O)[O-])c4)c(N4CCOc5ncccc54)c3)CC2)=C(c2ccc(Cl)cc2)C1. The van der Waals surface area contributed by atoms with Crippen LogP contribution < -0.4 is 24.6 Å². The molecule has 4 aliphatic rings. The van der Waals surface area contributed by atoms with Gasteiger partial charge in [0.05, 0.1) is 27.6 Å². The van der Waals surface area contributed by atoms with E-state index in [4.69, 9.17) is 21.1 Å². The fraction of sp³-hybridized carbons (Fsp3) is 0.422. The molecule has 0 radical (unpaired) electrons. The lowest BCUT2D eigenvalue weighted by atomic mass is 9.72. The van der Waals surface area contributed by atoms with Crippen LogP contribution in [0.3, 0.4) is 0 Å². The first-order valence-electron chi connectivity index (χ1n) is 20.9. The number of hydrogen-bond donors (Lipinski definition) is 2. The number of anilines is 4. The molecule has 3 aromatic carbocycles. The zero-order chi connectivity index (χ0) is 42.7. The summed E-state index contributed by atoms with van der Waals surface area (Å²) in [6.07, 6.45) is 6.51. The predicted molar refractivity (Wildman–Crippen MR) is 238 cm³/mol. The van der Waals surface area contributed by atoms with Gasteiger partial charge in [0.25, 0.3) is 21.6 Å². The molecule has 16 heteroatoms. The lowest BCUT2D eigenvalue weighted by Crippen LogP contribution is -2.47. The average Bonchev–Trinajstić information content (AvgIpc) is 3.26. The van der Waals surface area contributed by atoms with Gasteiger partial charge in [-0.05, 0) is 109 Å². The number of halogens is 1. The number of piperazine rings is 1. The molecule has 14 nitrogen and oxygen atoms in total. The molecular formula is C45H52ClN7O7S. The fourth-order valence-electron chi connectivity index (χ4n) is 8.75. The summed E-state index contributed by atoms with van der Waals surface area (Å²) >= 11 is 6.25. The van der Waals surface area contributed by atoms with Crippen molar-refractivity contribution in [2.45, 2.75) is 50.8 Å². The number of nitrogens with one attached hydrogen (secondary N) is 2. The highest BCUT2D eigenvalue weighted by Crippen LogP contribution is 2.44. The molecule has 322 valence electrons. The van der Waals surface area contributed by atoms with Crippen LogP contribution in [0.1, 0.15) is 61.9 Å². The topological polar surface area (TPSA) is 159 Å². The van der Waals surface area contributed by atoms with Gasteiger partial charge in [-0.2, -0.15) is 0 Å². The number of nitro benzene ring substituents is 1. The minimum Gasteiger partial charge on any atom is -0.474 e. The molecule has 1 aliphatic carbocycles. The zero-order valence-corrected chi connectivity index (χ0v) is 36.1. The Hall–Kier alpha value is -5.22. The first kappa shape index (κ1) is 42.5. The largest absolute Gasteiger partial charge is 0.474 e. The lowest BCUT2D eigenvalue weighted by molar-refractivity contribution is -0.384. The maximum Gasteiger partial charge on any atom is 0.293 e. The molecule has 0 spiro atoms. The summed E-state index contributed by atoms with van der Waals surface area (Å²) in [7, 11) is -4.53. The Balaban J connectivity index is 1.02. The van der Waals surface area contributed by atoms with Crippen LogP contribution in [-0.4, -0.2) is 94.8 Å². The Morgan fingerprint density at radius 3 is 2.49 bits per heavy atom. The predicted octanol–water partition coefficient (Wildman–Crippen LogP) is 7.92. The van der Waals surface area contributed by atoms with Crippen LogP contribution in [0.5, 0.6) is 5.88 Å². The summed E-state index contributed by atoms with van der Waals surface area (Å²) in [5.41, 5.74) is 6.33. The number of pyridine rings is 1. The second-order valence-corrected chi connectivity index (χ2v) is 19.1. The number of fused-ring (bicyclic) bond motifs is 1. The van der Waals surface area contributed by atoms with Crippen LogP contribution in [0, 0.1) is 21.4 Å². The summed E-state index contributed by atoms with van der Waals surface area (Å²) in [4.78, 5) is 36.3. The Labute approximate surface area is 362 Å². The van der Waals surface area contributed by atoms with E-state index >= 15 is 0 Å². The number of aromatic nitrogens is 1. The Bertz CT molecular complexity index is 2410. The van der Waals surface area contributed by atoms with Crippen molar-refractivity contribution in [1.82, 2.24) is 14.6 Å². The lowest BCUT2D eigenvalue weighted by Gasteiger charge is -2.39. The maximum atomic E-state index is 14.1. The molecule has 1 aromatic heterocycles. The number of benzene rings is 3. The minimum atomic E-state index is -4.53. The van der Waals surface area contributed by atoms with Gasteiger partial charge in [-0.15, -0.1) is 0 Å². The summed E-state index contributed by atoms with van der Waals surface area (Å²) in [5.74, 6) is -0.182. The summed E-state index contributed by atoms with van der Waals surface area (Å²) in [6, 6.07) is 20.9. The van der Waals surface area contributed by atoms with Gasteiger partial charge in [0.2, 0.25) is 5.88 Å². The monoisotopic (exact) mass is 869 g/mol. The smallest absolute Gasteiger partial charge is 0.293 e. The van der Waals surface area contributed by atoms with Crippen molar-refractivity contribution in [3.05, 3.63) is 111 Å². The molecule has 1 amide bonds. The van der Waals surface area contributed by atoms with Gasteiger partial charge in [0, 0.05) is 75.5 Å². The van der Waals surface area contributed by atoms with Crippen molar-refractivity contribution in [3.63, 3.8) is 0 Å². The molecule has 2 saturated heterocycles. The molecule has 8 rings (SSSR count). The van der Waals surface area contributed by atoms with Crippen LogP contribution in [0.15, 0.2) is 89.5 Å². The minimum absolute atomic E-state index is 0.119. The summed E-state index contributed by atoms with van der Waals surface area (Å²) in [6.45, 7) is 11.2. The van der Waals surface area contributed by atoms with E-state index in [2.05, 4.69) is 50.8 Å². The second-order valence-electron chi connectivity index (χ2n) is 17.0. The molecular weight excluding hydrogens is 818 g/mol. The van der Waals surface area contributed by atoms with Gasteiger partial charge in [-0.1, -0.05) is 43.2 Å². The molecule has 0 unspecified atom stereocenters. The van der Waals surface area contributed by atoms with E-state index in [0.717, 1.165) is 81.6 Å². The number of nitrogens with zero attached hydrogens (tertiary/aromatic N) is 5. The molecule has 2 fully saturated rings. The van der Waals surface area contributed by atoms with Crippen LogP contribution in [0.2, 0.25) is 5.02 Å². The number of nitro groups is 1. The first-order valence-corrected chi connectivity index (χ1v) is 22.8. The van der Waals surface area contributed by atoms with E-state index in [1.165, 1.54) is 28.8 Å². The van der Waals surface area contributed by atoms with Gasteiger partial charge < -0.3 is 24.6 Å². The van der Waals surface area contributed by atoms with Crippen LogP contribution >= 0.6 is 11.6 Å². The van der Waals surface area contributed by atoms with Crippen molar-refractivity contribution in [2.24, 2.45) is 11.3 Å². The zero-order valence-electron chi connectivity index (χ0n) is 34.6. The van der Waals surface area contributed by atoms with E-state index in [9.17, 15) is 23.3 Å². The van der Waals surface area contributed by atoms with Gasteiger partial charge >= 0.3 is 0 Å². The molecule has 2 N–H and O–H groups in total. The second kappa shape index (κ2) is 18.0. The third-order valence-electron chi connectivity index (χ3n) is 12.3. The Morgan fingerprint density at radius 2 is 1.74 bits per heavy atom. The first-order chi connectivity index (χ1) is 29.3. The Kier molecular flexibility index (Phi) is 12.5. The van der Waals surface area contributed by atoms with Gasteiger partial charge in [-0.25, -0.2) is 18.1 Å². The van der Waals surface area contributed by atoms with Crippen molar-refractivity contribution < 1.29 is 27.6 Å². The van der Waals surface area contributed by atoms with Crippen molar-refractivity contribution in [3.8, 4) is 5.88 Å². The van der Waals surface area contributed by atoms with E-state index < -0.39 is 31.4 Å². The van der Waals surface area contributed by atoms with Gasteiger partial charge in [0.1, 0.15) is 18.0 Å². The third kappa shape index (κ3) is 9.80. The van der Waals surface area contributed by atoms with Crippen LogP contribution in [0.25, 0.3) is 5.57 Å². The normalized spacial score (nSPS) is 18.6. The number of rotatable bonds is 12. The van der Waals surface area contributed by atoms with E-state index in [1.807, 2.05) is 35.2 Å². The van der Waals surface area contributed by atoms with E-state index in [1.54, 1.807) is 18.3 Å². The standard InChI is InChI=1S/C45H52ClN7O7S/c1-45(2)16-13-33(38(28-45)32-5-7-34(46)8-6-32)30-50-18-20-51(21-19-50)35-9-11-37(41(26-35)52-22-25-60-44-40(52)4-3-17-47-44)43(54)49-61(57,58)36-10-12-39(42(27-36)53(55)56)48-29-31-14-23-59-24-15-31/h3-12,17,26-27,31,48H,13-16,18-25,28-30H2,1-2H3,(H,49,54). The van der Waals surface area contributed by atoms with Crippen molar-refractivity contribution >= 4 is 61.5 Å². The number of hydrogen-bond acceptors (Lipinski definition) is 12. The molecule has 0 atom stereocenters. The number of allylic oxidation sites excluding steroid dienone is 1. The summed E-state index contributed by atoms with van der Waals surface area (Å²) < 4.78 is 41.0. The molecule has 0 saturated carbocycles. The summed E-state index contributed by atoms with van der Waals surface area (Å²) in [5, 5.41) is 16.0.